The van der Waals surface area contributed by atoms with E-state index in [1.165, 1.54) is 4.90 Å². The molecule has 0 heterocycles. The van der Waals surface area contributed by atoms with Crippen LogP contribution in [0.25, 0.3) is 0 Å². The minimum absolute atomic E-state index is 0.0736. The molecular formula is C11H20N2O4. The van der Waals surface area contributed by atoms with Crippen molar-refractivity contribution in [3.8, 4) is 0 Å². The van der Waals surface area contributed by atoms with Crippen LogP contribution in [0.1, 0.15) is 26.7 Å². The predicted molar refractivity (Wildman–Crippen MR) is 61.9 cm³/mol. The number of methoxy groups -OCH3 is 1. The van der Waals surface area contributed by atoms with Crippen molar-refractivity contribution in [2.24, 2.45) is 0 Å². The molecule has 6 heteroatoms. The summed E-state index contributed by atoms with van der Waals surface area (Å²) < 4.78 is 4.99. The van der Waals surface area contributed by atoms with Crippen LogP contribution < -0.4 is 5.32 Å². The summed E-state index contributed by atoms with van der Waals surface area (Å²) in [4.78, 5) is 24.0. The Morgan fingerprint density at radius 1 is 1.47 bits per heavy atom. The molecule has 0 bridgehead atoms. The molecule has 0 spiro atoms. The first-order valence-electron chi connectivity index (χ1n) is 5.65. The van der Waals surface area contributed by atoms with E-state index in [0.717, 1.165) is 12.8 Å². The molecule has 0 aliphatic heterocycles. The number of hydrogen-bond acceptors (Lipinski definition) is 3. The van der Waals surface area contributed by atoms with E-state index >= 15 is 0 Å². The van der Waals surface area contributed by atoms with Gasteiger partial charge in [-0.1, -0.05) is 0 Å². The number of nitrogens with zero attached hydrogens (tertiary/aromatic N) is 1. The fourth-order valence-corrected chi connectivity index (χ4v) is 1.66. The standard InChI is InChI=1S/C11H20N2O4/c1-11(2,7-17-3)12-10(16)13(6-9(14)15)8-4-5-8/h8H,4-7H2,1-3H3,(H,12,16)(H,14,15). The Hall–Kier alpha value is -1.30. The molecule has 98 valence electrons. The van der Waals surface area contributed by atoms with Crippen LogP contribution in [0.2, 0.25) is 0 Å². The van der Waals surface area contributed by atoms with E-state index < -0.39 is 11.5 Å². The molecule has 17 heavy (non-hydrogen) atoms. The van der Waals surface area contributed by atoms with Crippen LogP contribution in [0.4, 0.5) is 4.79 Å². The summed E-state index contributed by atoms with van der Waals surface area (Å²) in [6.07, 6.45) is 1.76. The van der Waals surface area contributed by atoms with E-state index in [0.29, 0.717) is 6.61 Å². The zero-order valence-electron chi connectivity index (χ0n) is 10.5. The summed E-state index contributed by atoms with van der Waals surface area (Å²) in [5.41, 5.74) is -0.503. The number of carbonyl (C=O) groups is 2. The van der Waals surface area contributed by atoms with E-state index in [2.05, 4.69) is 5.32 Å². The van der Waals surface area contributed by atoms with Crippen LogP contribution in [-0.2, 0) is 9.53 Å². The normalized spacial score (nSPS) is 15.5. The lowest BCUT2D eigenvalue weighted by molar-refractivity contribution is -0.137. The quantitative estimate of drug-likeness (QED) is 0.719. The number of carbonyl (C=O) groups excluding carboxylic acids is 1. The number of carboxylic acids is 1. The van der Waals surface area contributed by atoms with Crippen LogP contribution in [0, 0.1) is 0 Å². The van der Waals surface area contributed by atoms with Gasteiger partial charge in [0.2, 0.25) is 0 Å². The number of amides is 2. The van der Waals surface area contributed by atoms with Crippen molar-refractivity contribution in [1.82, 2.24) is 10.2 Å². The molecule has 2 N–H and O–H groups in total. The highest BCUT2D eigenvalue weighted by atomic mass is 16.5. The van der Waals surface area contributed by atoms with Gasteiger partial charge in [-0.3, -0.25) is 4.79 Å². The molecule has 0 unspecified atom stereocenters. The van der Waals surface area contributed by atoms with Gasteiger partial charge in [-0.05, 0) is 26.7 Å². The smallest absolute Gasteiger partial charge is 0.323 e. The second-order valence-electron chi connectivity index (χ2n) is 5.00. The minimum Gasteiger partial charge on any atom is -0.480 e. The Balaban J connectivity index is 2.56. The van der Waals surface area contributed by atoms with Gasteiger partial charge in [0.25, 0.3) is 0 Å². The van der Waals surface area contributed by atoms with Gasteiger partial charge >= 0.3 is 12.0 Å². The summed E-state index contributed by atoms with van der Waals surface area (Å²) in [7, 11) is 1.56. The van der Waals surface area contributed by atoms with Gasteiger partial charge in [0, 0.05) is 13.2 Å². The highest BCUT2D eigenvalue weighted by molar-refractivity contribution is 5.81. The third kappa shape index (κ3) is 4.60. The maximum absolute atomic E-state index is 11.9. The first kappa shape index (κ1) is 13.8. The van der Waals surface area contributed by atoms with E-state index in [4.69, 9.17) is 9.84 Å². The molecular weight excluding hydrogens is 224 g/mol. The molecule has 0 saturated heterocycles. The molecule has 1 aliphatic carbocycles. The molecule has 0 atom stereocenters. The largest absolute Gasteiger partial charge is 0.480 e. The van der Waals surface area contributed by atoms with Crippen molar-refractivity contribution < 1.29 is 19.4 Å². The van der Waals surface area contributed by atoms with Gasteiger partial charge in [-0.25, -0.2) is 4.79 Å². The number of carboxylic acid groups (broad SMARTS) is 1. The van der Waals surface area contributed by atoms with E-state index in [1.54, 1.807) is 7.11 Å². The zero-order valence-corrected chi connectivity index (χ0v) is 10.5. The maximum Gasteiger partial charge on any atom is 0.323 e. The number of ether oxygens (including phenoxy) is 1. The Morgan fingerprint density at radius 3 is 2.47 bits per heavy atom. The summed E-state index contributed by atoms with van der Waals surface area (Å²) in [5, 5.41) is 11.5. The van der Waals surface area contributed by atoms with Crippen molar-refractivity contribution in [3.63, 3.8) is 0 Å². The molecule has 0 aromatic carbocycles. The van der Waals surface area contributed by atoms with Crippen molar-refractivity contribution >= 4 is 12.0 Å². The molecule has 1 saturated carbocycles. The number of rotatable bonds is 6. The Kier molecular flexibility index (Phi) is 4.34. The monoisotopic (exact) mass is 244 g/mol. The van der Waals surface area contributed by atoms with Gasteiger partial charge in [-0.2, -0.15) is 0 Å². The maximum atomic E-state index is 11.9. The molecule has 0 radical (unpaired) electrons. The third-order valence-electron chi connectivity index (χ3n) is 2.50. The Bertz CT molecular complexity index is 300. The van der Waals surface area contributed by atoms with Crippen molar-refractivity contribution in [3.05, 3.63) is 0 Å². The molecule has 1 fully saturated rings. The lowest BCUT2D eigenvalue weighted by Gasteiger charge is -2.29. The van der Waals surface area contributed by atoms with Gasteiger partial charge < -0.3 is 20.1 Å². The lowest BCUT2D eigenvalue weighted by Crippen LogP contribution is -2.53. The summed E-state index contributed by atoms with van der Waals surface area (Å²) in [5.74, 6) is -0.989. The first-order chi connectivity index (χ1) is 7.85. The van der Waals surface area contributed by atoms with E-state index in [-0.39, 0.29) is 18.6 Å². The summed E-state index contributed by atoms with van der Waals surface area (Å²) in [6, 6.07) is -0.263. The molecule has 1 aliphatic rings. The Labute approximate surface area is 101 Å². The van der Waals surface area contributed by atoms with E-state index in [9.17, 15) is 9.59 Å². The second kappa shape index (κ2) is 5.35. The summed E-state index contributed by atoms with van der Waals surface area (Å²) in [6.45, 7) is 3.80. The average molecular weight is 244 g/mol. The molecule has 6 nitrogen and oxygen atoms in total. The average Bonchev–Trinajstić information content (AvgIpc) is 2.95. The van der Waals surface area contributed by atoms with Crippen molar-refractivity contribution in [2.45, 2.75) is 38.3 Å². The van der Waals surface area contributed by atoms with Crippen LogP contribution in [0.5, 0.6) is 0 Å². The van der Waals surface area contributed by atoms with Crippen LogP contribution in [-0.4, -0.2) is 53.8 Å². The fraction of sp³-hybridized carbons (Fsp3) is 0.818. The van der Waals surface area contributed by atoms with Gasteiger partial charge in [0.05, 0.1) is 12.1 Å². The highest BCUT2D eigenvalue weighted by Gasteiger charge is 2.35. The minimum atomic E-state index is -0.989. The number of aliphatic carboxylic acids is 1. The van der Waals surface area contributed by atoms with Crippen LogP contribution in [0.15, 0.2) is 0 Å². The van der Waals surface area contributed by atoms with Gasteiger partial charge in [-0.15, -0.1) is 0 Å². The third-order valence-corrected chi connectivity index (χ3v) is 2.50. The molecule has 0 aromatic heterocycles. The number of hydrogen-bond donors (Lipinski definition) is 2. The molecule has 1 rings (SSSR count). The van der Waals surface area contributed by atoms with Crippen molar-refractivity contribution in [2.75, 3.05) is 20.3 Å². The van der Waals surface area contributed by atoms with Crippen molar-refractivity contribution in [1.29, 1.82) is 0 Å². The van der Waals surface area contributed by atoms with Crippen LogP contribution >= 0.6 is 0 Å². The van der Waals surface area contributed by atoms with Gasteiger partial charge in [0.15, 0.2) is 0 Å². The van der Waals surface area contributed by atoms with Crippen LogP contribution in [0.3, 0.4) is 0 Å². The zero-order chi connectivity index (χ0) is 13.1. The van der Waals surface area contributed by atoms with Gasteiger partial charge in [0.1, 0.15) is 6.54 Å². The summed E-state index contributed by atoms with van der Waals surface area (Å²) >= 11 is 0. The Morgan fingerprint density at radius 2 is 2.06 bits per heavy atom. The SMILES string of the molecule is COCC(C)(C)NC(=O)N(CC(=O)O)C1CC1. The second-order valence-corrected chi connectivity index (χ2v) is 5.00. The topological polar surface area (TPSA) is 78.9 Å². The number of nitrogens with one attached hydrogen (secondary N) is 1. The first-order valence-corrected chi connectivity index (χ1v) is 5.65. The predicted octanol–water partition coefficient (Wildman–Crippen LogP) is 0.670. The van der Waals surface area contributed by atoms with E-state index in [1.807, 2.05) is 13.8 Å². The fourth-order valence-electron chi connectivity index (χ4n) is 1.66. The molecule has 2 amide bonds. The highest BCUT2D eigenvalue weighted by Crippen LogP contribution is 2.26. The number of urea groups is 1. The molecule has 0 aromatic rings. The lowest BCUT2D eigenvalue weighted by atomic mass is 10.1.